The van der Waals surface area contributed by atoms with Crippen LogP contribution in [0, 0.1) is 0 Å². The lowest BCUT2D eigenvalue weighted by Gasteiger charge is -2.20. The van der Waals surface area contributed by atoms with Crippen LogP contribution in [-0.2, 0) is 16.1 Å². The maximum Gasteiger partial charge on any atom is 0.411 e. The molecule has 20 heavy (non-hydrogen) atoms. The number of hydrogen-bond donors (Lipinski definition) is 1. The van der Waals surface area contributed by atoms with Gasteiger partial charge < -0.3 is 15.4 Å². The third-order valence-corrected chi connectivity index (χ3v) is 2.67. The summed E-state index contributed by atoms with van der Waals surface area (Å²) in [5.74, 6) is -0.326. The number of carbonyl (C=O) groups is 1. The second-order valence-corrected chi connectivity index (χ2v) is 4.20. The maximum atomic E-state index is 11.9. The van der Waals surface area contributed by atoms with Gasteiger partial charge in [-0.15, -0.1) is 0 Å². The lowest BCUT2D eigenvalue weighted by molar-refractivity contribution is -0.174. The Morgan fingerprint density at radius 3 is 2.60 bits per heavy atom. The van der Waals surface area contributed by atoms with E-state index in [0.29, 0.717) is 5.69 Å². The van der Waals surface area contributed by atoms with E-state index in [9.17, 15) is 18.0 Å². The molecule has 0 unspecified atom stereocenters. The van der Waals surface area contributed by atoms with Gasteiger partial charge in [-0.25, -0.2) is 0 Å². The second-order valence-electron chi connectivity index (χ2n) is 4.20. The average Bonchev–Trinajstić information content (AvgIpc) is 2.41. The Kier molecular flexibility index (Phi) is 5.97. The lowest BCUT2D eigenvalue weighted by atomic mass is 10.1. The number of benzene rings is 1. The van der Waals surface area contributed by atoms with E-state index in [0.717, 1.165) is 5.56 Å². The molecule has 112 valence electrons. The predicted molar refractivity (Wildman–Crippen MR) is 69.2 cm³/mol. The standard InChI is InChI=1S/C13H17F3N2O2/c1-18(11-5-3-2-4-10(11)8-17)12(19)6-7-20-9-13(14,15)16/h2-5H,6-9,17H2,1H3. The van der Waals surface area contributed by atoms with Crippen LogP contribution in [0.15, 0.2) is 24.3 Å². The molecule has 0 aliphatic rings. The molecular weight excluding hydrogens is 273 g/mol. The molecule has 1 aromatic rings. The molecule has 0 saturated carbocycles. The van der Waals surface area contributed by atoms with Crippen molar-refractivity contribution < 1.29 is 22.7 Å². The molecule has 2 N–H and O–H groups in total. The molecule has 0 saturated heterocycles. The van der Waals surface area contributed by atoms with E-state index in [-0.39, 0.29) is 25.5 Å². The first-order valence-corrected chi connectivity index (χ1v) is 6.04. The first-order valence-electron chi connectivity index (χ1n) is 6.04. The van der Waals surface area contributed by atoms with Gasteiger partial charge in [0.15, 0.2) is 0 Å². The number of alkyl halides is 3. The fourth-order valence-electron chi connectivity index (χ4n) is 1.66. The molecule has 1 amide bonds. The number of halogens is 3. The highest BCUT2D eigenvalue weighted by atomic mass is 19.4. The van der Waals surface area contributed by atoms with Crippen molar-refractivity contribution >= 4 is 11.6 Å². The molecule has 0 aliphatic heterocycles. The fraction of sp³-hybridized carbons (Fsp3) is 0.462. The van der Waals surface area contributed by atoms with Crippen molar-refractivity contribution in [2.75, 3.05) is 25.2 Å². The van der Waals surface area contributed by atoms with Crippen LogP contribution in [0.1, 0.15) is 12.0 Å². The normalized spacial score (nSPS) is 11.4. The smallest absolute Gasteiger partial charge is 0.372 e. The van der Waals surface area contributed by atoms with Crippen LogP contribution in [0.2, 0.25) is 0 Å². The Balaban J connectivity index is 2.51. The number of nitrogens with zero attached hydrogens (tertiary/aromatic N) is 1. The van der Waals surface area contributed by atoms with Crippen LogP contribution in [0.25, 0.3) is 0 Å². The molecule has 0 aliphatic carbocycles. The van der Waals surface area contributed by atoms with Gasteiger partial charge in [-0.2, -0.15) is 13.2 Å². The van der Waals surface area contributed by atoms with Crippen LogP contribution >= 0.6 is 0 Å². The maximum absolute atomic E-state index is 11.9. The molecule has 1 rings (SSSR count). The molecule has 7 heteroatoms. The molecule has 0 fully saturated rings. The molecule has 0 bridgehead atoms. The number of hydrogen-bond acceptors (Lipinski definition) is 3. The van der Waals surface area contributed by atoms with Gasteiger partial charge in [-0.3, -0.25) is 4.79 Å². The molecule has 0 spiro atoms. The van der Waals surface area contributed by atoms with Crippen LogP contribution in [0.3, 0.4) is 0 Å². The molecular formula is C13H17F3N2O2. The summed E-state index contributed by atoms with van der Waals surface area (Å²) in [6, 6.07) is 7.09. The molecule has 0 atom stereocenters. The summed E-state index contributed by atoms with van der Waals surface area (Å²) in [5, 5.41) is 0. The van der Waals surface area contributed by atoms with E-state index in [1.54, 1.807) is 31.3 Å². The Labute approximate surface area is 115 Å². The summed E-state index contributed by atoms with van der Waals surface area (Å²) in [6.45, 7) is -1.34. The van der Waals surface area contributed by atoms with Crippen molar-refractivity contribution in [2.24, 2.45) is 5.73 Å². The summed E-state index contributed by atoms with van der Waals surface area (Å²) in [6.07, 6.45) is -4.49. The van der Waals surface area contributed by atoms with Gasteiger partial charge in [-0.1, -0.05) is 18.2 Å². The number of ether oxygens (including phenoxy) is 1. The van der Waals surface area contributed by atoms with E-state index >= 15 is 0 Å². The monoisotopic (exact) mass is 290 g/mol. The van der Waals surface area contributed by atoms with Gasteiger partial charge in [0.1, 0.15) is 6.61 Å². The zero-order chi connectivity index (χ0) is 15.2. The summed E-state index contributed by atoms with van der Waals surface area (Å²) in [5.41, 5.74) is 7.01. The first-order chi connectivity index (χ1) is 9.35. The Bertz CT molecular complexity index is 449. The molecule has 0 heterocycles. The molecule has 4 nitrogen and oxygen atoms in total. The number of rotatable bonds is 6. The zero-order valence-corrected chi connectivity index (χ0v) is 11.1. The van der Waals surface area contributed by atoms with Crippen molar-refractivity contribution in [2.45, 2.75) is 19.1 Å². The van der Waals surface area contributed by atoms with Gasteiger partial charge in [-0.05, 0) is 11.6 Å². The SMILES string of the molecule is CN(C(=O)CCOCC(F)(F)F)c1ccccc1CN. The Morgan fingerprint density at radius 1 is 1.35 bits per heavy atom. The summed E-state index contributed by atoms with van der Waals surface area (Å²) < 4.78 is 40.0. The van der Waals surface area contributed by atoms with E-state index in [2.05, 4.69) is 4.74 Å². The van der Waals surface area contributed by atoms with E-state index < -0.39 is 12.8 Å². The van der Waals surface area contributed by atoms with Gasteiger partial charge in [0.25, 0.3) is 0 Å². The van der Waals surface area contributed by atoms with E-state index in [4.69, 9.17) is 5.73 Å². The van der Waals surface area contributed by atoms with Crippen LogP contribution in [0.4, 0.5) is 18.9 Å². The third kappa shape index (κ3) is 5.18. The highest BCUT2D eigenvalue weighted by Gasteiger charge is 2.27. The topological polar surface area (TPSA) is 55.6 Å². The molecule has 0 radical (unpaired) electrons. The summed E-state index contributed by atoms with van der Waals surface area (Å²) in [7, 11) is 1.56. The third-order valence-electron chi connectivity index (χ3n) is 2.67. The van der Waals surface area contributed by atoms with Crippen molar-refractivity contribution in [3.8, 4) is 0 Å². The van der Waals surface area contributed by atoms with Gasteiger partial charge in [0.05, 0.1) is 13.0 Å². The number of nitrogens with two attached hydrogens (primary N) is 1. The lowest BCUT2D eigenvalue weighted by Crippen LogP contribution is -2.29. The van der Waals surface area contributed by atoms with Crippen molar-refractivity contribution in [3.63, 3.8) is 0 Å². The Hall–Kier alpha value is -1.60. The van der Waals surface area contributed by atoms with E-state index in [1.165, 1.54) is 4.90 Å². The van der Waals surface area contributed by atoms with Crippen molar-refractivity contribution in [1.82, 2.24) is 0 Å². The predicted octanol–water partition coefficient (Wildman–Crippen LogP) is 2.08. The fourth-order valence-corrected chi connectivity index (χ4v) is 1.66. The quantitative estimate of drug-likeness (QED) is 0.816. The highest BCUT2D eigenvalue weighted by Crippen LogP contribution is 2.19. The number of carbonyl (C=O) groups excluding carboxylic acids is 1. The van der Waals surface area contributed by atoms with Crippen LogP contribution in [-0.4, -0.2) is 32.3 Å². The summed E-state index contributed by atoms with van der Waals surface area (Å²) >= 11 is 0. The minimum atomic E-state index is -4.37. The van der Waals surface area contributed by atoms with Crippen molar-refractivity contribution in [1.29, 1.82) is 0 Å². The van der Waals surface area contributed by atoms with Crippen molar-refractivity contribution in [3.05, 3.63) is 29.8 Å². The van der Waals surface area contributed by atoms with Crippen LogP contribution in [0.5, 0.6) is 0 Å². The first kappa shape index (κ1) is 16.5. The van der Waals surface area contributed by atoms with Gasteiger partial charge in [0.2, 0.25) is 5.91 Å². The van der Waals surface area contributed by atoms with E-state index in [1.807, 2.05) is 0 Å². The number of amides is 1. The average molecular weight is 290 g/mol. The minimum absolute atomic E-state index is 0.120. The van der Waals surface area contributed by atoms with Gasteiger partial charge in [0, 0.05) is 19.3 Å². The number of anilines is 1. The minimum Gasteiger partial charge on any atom is -0.372 e. The number of para-hydroxylation sites is 1. The highest BCUT2D eigenvalue weighted by molar-refractivity contribution is 5.93. The summed E-state index contributed by atoms with van der Waals surface area (Å²) in [4.78, 5) is 13.2. The zero-order valence-electron chi connectivity index (χ0n) is 11.1. The Morgan fingerprint density at radius 2 is 2.00 bits per heavy atom. The largest absolute Gasteiger partial charge is 0.411 e. The molecule has 1 aromatic carbocycles. The van der Waals surface area contributed by atoms with Gasteiger partial charge >= 0.3 is 6.18 Å². The van der Waals surface area contributed by atoms with Crippen LogP contribution < -0.4 is 10.6 Å². The molecule has 0 aromatic heterocycles. The second kappa shape index (κ2) is 7.25.